The molecule has 1 amide bonds. The van der Waals surface area contributed by atoms with Crippen LogP contribution >= 0.6 is 11.3 Å². The topological polar surface area (TPSA) is 80.7 Å². The Hall–Kier alpha value is -2.38. The fraction of sp³-hybridized carbons (Fsp3) is 0.429. The lowest BCUT2D eigenvalue weighted by Crippen LogP contribution is -2.40. The fourth-order valence-electron chi connectivity index (χ4n) is 2.98. The van der Waals surface area contributed by atoms with Crippen LogP contribution in [0.1, 0.15) is 37.1 Å². The van der Waals surface area contributed by atoms with Gasteiger partial charge in [-0.05, 0) is 50.8 Å². The summed E-state index contributed by atoms with van der Waals surface area (Å²) in [5.41, 5.74) is 0.140. The molecule has 0 spiro atoms. The summed E-state index contributed by atoms with van der Waals surface area (Å²) in [5.74, 6) is 1.20. The van der Waals surface area contributed by atoms with Crippen LogP contribution in [0.15, 0.2) is 37.1 Å². The molecule has 7 heteroatoms. The quantitative estimate of drug-likeness (QED) is 0.655. The minimum Gasteiger partial charge on any atom is -0.493 e. The van der Waals surface area contributed by atoms with Gasteiger partial charge in [-0.15, -0.1) is 6.58 Å². The zero-order valence-corrected chi connectivity index (χ0v) is 17.2. The number of nitrogens with zero attached hydrogens (tertiary/aromatic N) is 1. The normalized spacial score (nSPS) is 18.9. The highest BCUT2D eigenvalue weighted by Crippen LogP contribution is 2.37. The number of carbonyl (C=O) groups is 1. The number of aliphatic hydroxyl groups is 1. The number of hydrogen-bond acceptors (Lipinski definition) is 6. The predicted octanol–water partition coefficient (Wildman–Crippen LogP) is 3.90. The van der Waals surface area contributed by atoms with Crippen LogP contribution in [-0.2, 0) is 16.8 Å². The first-order valence-corrected chi connectivity index (χ1v) is 10.1. The van der Waals surface area contributed by atoms with Gasteiger partial charge in [-0.1, -0.05) is 23.5 Å². The molecule has 0 aliphatic heterocycles. The summed E-state index contributed by atoms with van der Waals surface area (Å²) in [7, 11) is 1.61. The largest absolute Gasteiger partial charge is 0.493 e. The Morgan fingerprint density at radius 3 is 2.79 bits per heavy atom. The van der Waals surface area contributed by atoms with Crippen molar-refractivity contribution in [1.82, 2.24) is 4.98 Å². The molecule has 1 aromatic heterocycles. The Morgan fingerprint density at radius 2 is 2.18 bits per heavy atom. The molecule has 0 radical (unpaired) electrons. The maximum Gasteiger partial charge on any atom is 0.229 e. The van der Waals surface area contributed by atoms with Crippen LogP contribution in [0.3, 0.4) is 0 Å². The van der Waals surface area contributed by atoms with E-state index in [0.29, 0.717) is 34.3 Å². The van der Waals surface area contributed by atoms with E-state index in [9.17, 15) is 9.90 Å². The lowest BCUT2D eigenvalue weighted by molar-refractivity contribution is -0.125. The lowest BCUT2D eigenvalue weighted by atomic mass is 9.81. The maximum absolute atomic E-state index is 12.4. The molecule has 1 heterocycles. The summed E-state index contributed by atoms with van der Waals surface area (Å²) in [6, 6.07) is 5.84. The number of rotatable bonds is 8. The van der Waals surface area contributed by atoms with E-state index >= 15 is 0 Å². The summed E-state index contributed by atoms with van der Waals surface area (Å²) < 4.78 is 11.4. The maximum atomic E-state index is 12.4. The molecule has 1 saturated carbocycles. The van der Waals surface area contributed by atoms with E-state index in [1.807, 2.05) is 24.3 Å². The minimum absolute atomic E-state index is 0.0214. The zero-order valence-electron chi connectivity index (χ0n) is 16.4. The van der Waals surface area contributed by atoms with Crippen molar-refractivity contribution in [1.29, 1.82) is 0 Å². The minimum atomic E-state index is -0.963. The first-order valence-electron chi connectivity index (χ1n) is 9.24. The number of nitrogens with one attached hydrogen (secondary N) is 1. The van der Waals surface area contributed by atoms with Gasteiger partial charge in [0.25, 0.3) is 0 Å². The van der Waals surface area contributed by atoms with Gasteiger partial charge in [0, 0.05) is 12.1 Å². The fourth-order valence-corrected chi connectivity index (χ4v) is 3.81. The van der Waals surface area contributed by atoms with Gasteiger partial charge in [0.2, 0.25) is 5.91 Å². The number of hydrogen-bond donors (Lipinski definition) is 2. The third-order valence-electron chi connectivity index (χ3n) is 4.71. The van der Waals surface area contributed by atoms with Crippen LogP contribution < -0.4 is 14.8 Å². The van der Waals surface area contributed by atoms with Crippen molar-refractivity contribution in [3.05, 3.63) is 47.5 Å². The Labute approximate surface area is 169 Å². The molecule has 0 bridgehead atoms. The second-order valence-electron chi connectivity index (χ2n) is 7.46. The van der Waals surface area contributed by atoms with E-state index in [1.54, 1.807) is 27.2 Å². The Kier molecular flexibility index (Phi) is 6.05. The third-order valence-corrected chi connectivity index (χ3v) is 5.93. The zero-order chi connectivity index (χ0) is 20.3. The standard InChI is InChI=1S/C21H26N2O4S/c1-5-6-13-7-8-16(26-4)17(9-13)27-15-10-14(11-15)19(24)23-20-22-12-18(28-20)21(2,3)25/h5,7-9,12,14-15,25H,1,6,10-11H2,2-4H3,(H,22,23,24). The van der Waals surface area contributed by atoms with Crippen LogP contribution in [0.25, 0.3) is 0 Å². The van der Waals surface area contributed by atoms with E-state index in [2.05, 4.69) is 16.9 Å². The number of benzene rings is 1. The molecule has 0 saturated heterocycles. The van der Waals surface area contributed by atoms with Crippen molar-refractivity contribution < 1.29 is 19.4 Å². The second kappa shape index (κ2) is 8.32. The van der Waals surface area contributed by atoms with Crippen LogP contribution in [0.4, 0.5) is 5.13 Å². The molecule has 28 heavy (non-hydrogen) atoms. The molecule has 1 aliphatic carbocycles. The van der Waals surface area contributed by atoms with Crippen molar-refractivity contribution in [3.8, 4) is 11.5 Å². The molecule has 2 aromatic rings. The number of amides is 1. The van der Waals surface area contributed by atoms with Gasteiger partial charge in [-0.2, -0.15) is 0 Å². The average Bonchev–Trinajstić information content (AvgIpc) is 3.07. The van der Waals surface area contributed by atoms with Gasteiger partial charge in [0.1, 0.15) is 6.10 Å². The third kappa shape index (κ3) is 4.72. The number of thiazole rings is 1. The Bertz CT molecular complexity index is 850. The predicted molar refractivity (Wildman–Crippen MR) is 110 cm³/mol. The van der Waals surface area contributed by atoms with E-state index in [0.717, 1.165) is 12.0 Å². The number of ether oxygens (including phenoxy) is 2. The average molecular weight is 403 g/mol. The van der Waals surface area contributed by atoms with Crippen LogP contribution in [0.2, 0.25) is 0 Å². The van der Waals surface area contributed by atoms with Gasteiger partial charge in [-0.25, -0.2) is 4.98 Å². The second-order valence-corrected chi connectivity index (χ2v) is 8.49. The van der Waals surface area contributed by atoms with E-state index in [4.69, 9.17) is 9.47 Å². The summed E-state index contributed by atoms with van der Waals surface area (Å²) >= 11 is 1.29. The van der Waals surface area contributed by atoms with Gasteiger partial charge in [-0.3, -0.25) is 4.79 Å². The van der Waals surface area contributed by atoms with E-state index in [1.165, 1.54) is 11.3 Å². The number of aromatic nitrogens is 1. The smallest absolute Gasteiger partial charge is 0.229 e. The van der Waals surface area contributed by atoms with Crippen molar-refractivity contribution in [2.24, 2.45) is 5.92 Å². The summed E-state index contributed by atoms with van der Waals surface area (Å²) in [4.78, 5) is 17.3. The molecule has 2 N–H and O–H groups in total. The molecule has 150 valence electrons. The molecule has 1 aromatic carbocycles. The highest BCUT2D eigenvalue weighted by molar-refractivity contribution is 7.15. The SMILES string of the molecule is C=CCc1ccc(OC)c(OC2CC(C(=O)Nc3ncc(C(C)(C)O)s3)C2)c1. The van der Waals surface area contributed by atoms with Crippen molar-refractivity contribution in [2.45, 2.75) is 44.8 Å². The number of allylic oxidation sites excluding steroid dienone is 1. The summed E-state index contributed by atoms with van der Waals surface area (Å²) in [6.07, 6.45) is 5.46. The molecular formula is C21H26N2O4S. The molecule has 0 atom stereocenters. The molecule has 0 unspecified atom stereocenters. The first-order chi connectivity index (χ1) is 13.3. The molecule has 1 aliphatic rings. The highest BCUT2D eigenvalue weighted by Gasteiger charge is 2.37. The Balaban J connectivity index is 1.54. The highest BCUT2D eigenvalue weighted by atomic mass is 32.1. The van der Waals surface area contributed by atoms with Crippen molar-refractivity contribution in [3.63, 3.8) is 0 Å². The first kappa shape index (κ1) is 20.4. The number of anilines is 1. The van der Waals surface area contributed by atoms with Gasteiger partial charge in [0.05, 0.1) is 17.6 Å². The summed E-state index contributed by atoms with van der Waals surface area (Å²) in [6.45, 7) is 7.15. The molecule has 6 nitrogen and oxygen atoms in total. The van der Waals surface area contributed by atoms with Crippen LogP contribution in [0.5, 0.6) is 11.5 Å². The summed E-state index contributed by atoms with van der Waals surface area (Å²) in [5, 5.41) is 13.3. The van der Waals surface area contributed by atoms with E-state index in [-0.39, 0.29) is 17.9 Å². The van der Waals surface area contributed by atoms with Crippen LogP contribution in [-0.4, -0.2) is 29.2 Å². The van der Waals surface area contributed by atoms with Gasteiger partial charge < -0.3 is 19.9 Å². The van der Waals surface area contributed by atoms with Crippen molar-refractivity contribution in [2.75, 3.05) is 12.4 Å². The number of carbonyl (C=O) groups excluding carboxylic acids is 1. The monoisotopic (exact) mass is 402 g/mol. The van der Waals surface area contributed by atoms with Crippen LogP contribution in [0, 0.1) is 5.92 Å². The van der Waals surface area contributed by atoms with Crippen molar-refractivity contribution >= 4 is 22.4 Å². The molecule has 1 fully saturated rings. The molecular weight excluding hydrogens is 376 g/mol. The van der Waals surface area contributed by atoms with E-state index < -0.39 is 5.60 Å². The number of methoxy groups -OCH3 is 1. The molecule has 3 rings (SSSR count). The Morgan fingerprint density at radius 1 is 1.43 bits per heavy atom. The lowest BCUT2D eigenvalue weighted by Gasteiger charge is -2.34. The van der Waals surface area contributed by atoms with Gasteiger partial charge >= 0.3 is 0 Å². The van der Waals surface area contributed by atoms with Gasteiger partial charge in [0.15, 0.2) is 16.6 Å².